The van der Waals surface area contributed by atoms with Crippen LogP contribution in [0.15, 0.2) is 18.2 Å². The zero-order chi connectivity index (χ0) is 22.1. The lowest BCUT2D eigenvalue weighted by molar-refractivity contribution is -0.141. The number of nitrogens with zero attached hydrogens (tertiary/aromatic N) is 1. The molecule has 1 N–H and O–H groups in total. The predicted molar refractivity (Wildman–Crippen MR) is 110 cm³/mol. The summed E-state index contributed by atoms with van der Waals surface area (Å²) >= 11 is 1.25. The monoisotopic (exact) mass is 444 g/mol. The number of esters is 1. The molecule has 2 aromatic rings. The SMILES string of the molecule is COC(=O)c1c(NC(=O)CN2C(=O)CCC2=O)sc(Cc2ccc3c(c2)OCO3)c1C. The van der Waals surface area contributed by atoms with E-state index in [0.717, 1.165) is 15.3 Å². The molecular formula is C21H20N2O7S. The number of benzene rings is 1. The number of ether oxygens (including phenoxy) is 3. The van der Waals surface area contributed by atoms with Crippen LogP contribution < -0.4 is 14.8 Å². The van der Waals surface area contributed by atoms with Gasteiger partial charge in [0, 0.05) is 24.1 Å². The van der Waals surface area contributed by atoms with E-state index in [1.807, 2.05) is 18.2 Å². The van der Waals surface area contributed by atoms with Crippen molar-refractivity contribution in [1.82, 2.24) is 4.90 Å². The summed E-state index contributed by atoms with van der Waals surface area (Å²) in [7, 11) is 1.27. The van der Waals surface area contributed by atoms with E-state index in [1.54, 1.807) is 6.92 Å². The molecule has 0 radical (unpaired) electrons. The number of imide groups is 1. The lowest BCUT2D eigenvalue weighted by Crippen LogP contribution is -2.36. The number of thiophene rings is 1. The number of likely N-dealkylation sites (tertiary alicyclic amines) is 1. The second-order valence-electron chi connectivity index (χ2n) is 7.13. The van der Waals surface area contributed by atoms with Gasteiger partial charge in [0.2, 0.25) is 24.5 Å². The number of hydrogen-bond donors (Lipinski definition) is 1. The van der Waals surface area contributed by atoms with Gasteiger partial charge < -0.3 is 19.5 Å². The van der Waals surface area contributed by atoms with E-state index in [-0.39, 0.29) is 43.6 Å². The summed E-state index contributed by atoms with van der Waals surface area (Å²) in [6.45, 7) is 1.59. The fourth-order valence-electron chi connectivity index (χ4n) is 3.51. The van der Waals surface area contributed by atoms with Gasteiger partial charge in [0.15, 0.2) is 11.5 Å². The smallest absolute Gasteiger partial charge is 0.341 e. The highest BCUT2D eigenvalue weighted by Crippen LogP contribution is 2.37. The molecule has 0 atom stereocenters. The van der Waals surface area contributed by atoms with Crippen LogP contribution in [0.4, 0.5) is 5.00 Å². The molecule has 0 unspecified atom stereocenters. The Morgan fingerprint density at radius 3 is 2.58 bits per heavy atom. The quantitative estimate of drug-likeness (QED) is 0.537. The number of rotatable bonds is 6. The number of methoxy groups -OCH3 is 1. The van der Waals surface area contributed by atoms with Crippen LogP contribution in [0.1, 0.15) is 39.2 Å². The Morgan fingerprint density at radius 1 is 1.16 bits per heavy atom. The van der Waals surface area contributed by atoms with Gasteiger partial charge in [-0.15, -0.1) is 11.3 Å². The van der Waals surface area contributed by atoms with Crippen molar-refractivity contribution < 1.29 is 33.4 Å². The van der Waals surface area contributed by atoms with Crippen LogP contribution in [-0.4, -0.2) is 49.0 Å². The van der Waals surface area contributed by atoms with E-state index in [2.05, 4.69) is 5.32 Å². The normalized spacial score (nSPS) is 14.8. The van der Waals surface area contributed by atoms with Crippen LogP contribution in [0.3, 0.4) is 0 Å². The predicted octanol–water partition coefficient (Wildman–Crippen LogP) is 2.25. The Labute approximate surface area is 181 Å². The number of carbonyl (C=O) groups excluding carboxylic acids is 4. The molecule has 2 aliphatic heterocycles. The molecule has 3 amide bonds. The number of fused-ring (bicyclic) bond motifs is 1. The van der Waals surface area contributed by atoms with Crippen molar-refractivity contribution in [3.8, 4) is 11.5 Å². The molecule has 9 nitrogen and oxygen atoms in total. The van der Waals surface area contributed by atoms with Gasteiger partial charge in [0.05, 0.1) is 12.7 Å². The molecule has 1 fully saturated rings. The average Bonchev–Trinajstić information content (AvgIpc) is 3.42. The third kappa shape index (κ3) is 4.11. The average molecular weight is 444 g/mol. The third-order valence-corrected chi connectivity index (χ3v) is 6.35. The van der Waals surface area contributed by atoms with E-state index in [1.165, 1.54) is 18.4 Å². The minimum Gasteiger partial charge on any atom is -0.465 e. The van der Waals surface area contributed by atoms with E-state index in [9.17, 15) is 19.2 Å². The summed E-state index contributed by atoms with van der Waals surface area (Å²) in [5.41, 5.74) is 1.91. The second-order valence-corrected chi connectivity index (χ2v) is 8.24. The van der Waals surface area contributed by atoms with E-state index >= 15 is 0 Å². The highest BCUT2D eigenvalue weighted by atomic mass is 32.1. The first-order valence-electron chi connectivity index (χ1n) is 9.59. The first-order valence-corrected chi connectivity index (χ1v) is 10.4. The molecular weight excluding hydrogens is 424 g/mol. The number of nitrogens with one attached hydrogen (secondary N) is 1. The molecule has 0 bridgehead atoms. The summed E-state index contributed by atoms with van der Waals surface area (Å²) < 4.78 is 15.6. The van der Waals surface area contributed by atoms with Crippen molar-refractivity contribution in [3.05, 3.63) is 39.8 Å². The first-order chi connectivity index (χ1) is 14.9. The fraction of sp³-hybridized carbons (Fsp3) is 0.333. The van der Waals surface area contributed by atoms with Gasteiger partial charge in [-0.1, -0.05) is 6.07 Å². The molecule has 31 heavy (non-hydrogen) atoms. The summed E-state index contributed by atoms with van der Waals surface area (Å²) in [6, 6.07) is 5.62. The Hall–Kier alpha value is -3.40. The van der Waals surface area contributed by atoms with Crippen molar-refractivity contribution in [2.45, 2.75) is 26.2 Å². The summed E-state index contributed by atoms with van der Waals surface area (Å²) in [4.78, 5) is 50.2. The third-order valence-electron chi connectivity index (χ3n) is 5.15. The lowest BCUT2D eigenvalue weighted by atomic mass is 10.1. The number of carbonyl (C=O) groups is 4. The van der Waals surface area contributed by atoms with Gasteiger partial charge in [0.25, 0.3) is 0 Å². The molecule has 0 spiro atoms. The van der Waals surface area contributed by atoms with E-state index in [0.29, 0.717) is 28.5 Å². The topological polar surface area (TPSA) is 111 Å². The molecule has 162 valence electrons. The fourth-order valence-corrected chi connectivity index (χ4v) is 4.75. The van der Waals surface area contributed by atoms with Crippen LogP contribution in [0.2, 0.25) is 0 Å². The maximum Gasteiger partial charge on any atom is 0.341 e. The van der Waals surface area contributed by atoms with Gasteiger partial charge >= 0.3 is 5.97 Å². The maximum absolute atomic E-state index is 12.5. The molecule has 0 saturated carbocycles. The van der Waals surface area contributed by atoms with Crippen molar-refractivity contribution in [2.75, 3.05) is 25.8 Å². The second kappa shape index (κ2) is 8.38. The Morgan fingerprint density at radius 2 is 1.87 bits per heavy atom. The molecule has 1 aromatic heterocycles. The minimum absolute atomic E-state index is 0.108. The molecule has 3 heterocycles. The number of amides is 3. The van der Waals surface area contributed by atoms with Crippen LogP contribution in [0.5, 0.6) is 11.5 Å². The van der Waals surface area contributed by atoms with Gasteiger partial charge in [-0.05, 0) is 30.2 Å². The van der Waals surface area contributed by atoms with Crippen LogP contribution >= 0.6 is 11.3 Å². The van der Waals surface area contributed by atoms with E-state index < -0.39 is 11.9 Å². The molecule has 2 aliphatic rings. The first kappa shape index (κ1) is 20.9. The number of hydrogen-bond acceptors (Lipinski definition) is 8. The largest absolute Gasteiger partial charge is 0.465 e. The molecule has 4 rings (SSSR count). The summed E-state index contributed by atoms with van der Waals surface area (Å²) in [5, 5.41) is 2.99. The van der Waals surface area contributed by atoms with Crippen LogP contribution in [0, 0.1) is 6.92 Å². The Kier molecular flexibility index (Phi) is 5.64. The molecule has 10 heteroatoms. The molecule has 1 aromatic carbocycles. The maximum atomic E-state index is 12.5. The Bertz CT molecular complexity index is 1080. The Balaban J connectivity index is 1.57. The summed E-state index contributed by atoms with van der Waals surface area (Å²) in [6.07, 6.45) is 0.727. The molecule has 1 saturated heterocycles. The van der Waals surface area contributed by atoms with Crippen molar-refractivity contribution >= 4 is 40.0 Å². The van der Waals surface area contributed by atoms with Gasteiger partial charge in [-0.25, -0.2) is 4.79 Å². The zero-order valence-corrected chi connectivity index (χ0v) is 17.8. The van der Waals surface area contributed by atoms with Crippen molar-refractivity contribution in [2.24, 2.45) is 0 Å². The van der Waals surface area contributed by atoms with Crippen molar-refractivity contribution in [1.29, 1.82) is 0 Å². The van der Waals surface area contributed by atoms with E-state index in [4.69, 9.17) is 14.2 Å². The van der Waals surface area contributed by atoms with Gasteiger partial charge in [0.1, 0.15) is 11.5 Å². The van der Waals surface area contributed by atoms with Crippen LogP contribution in [-0.2, 0) is 25.5 Å². The van der Waals surface area contributed by atoms with Gasteiger partial charge in [-0.3, -0.25) is 19.3 Å². The van der Waals surface area contributed by atoms with Gasteiger partial charge in [-0.2, -0.15) is 0 Å². The summed E-state index contributed by atoms with van der Waals surface area (Å²) in [5.74, 6) is -0.536. The molecule has 0 aliphatic carbocycles. The lowest BCUT2D eigenvalue weighted by Gasteiger charge is -2.13. The highest BCUT2D eigenvalue weighted by molar-refractivity contribution is 7.17. The number of anilines is 1. The van der Waals surface area contributed by atoms with Crippen molar-refractivity contribution in [3.63, 3.8) is 0 Å². The minimum atomic E-state index is -0.575. The van der Waals surface area contributed by atoms with Crippen LogP contribution in [0.25, 0.3) is 0 Å². The zero-order valence-electron chi connectivity index (χ0n) is 17.0. The highest BCUT2D eigenvalue weighted by Gasteiger charge is 2.31. The standard InChI is InChI=1S/C21H20N2O7S/c1-11-15(8-12-3-4-13-14(7-12)30-10-29-13)31-20(19(11)21(27)28-2)22-16(24)9-23-17(25)5-6-18(23)26/h3-4,7H,5-6,8-10H2,1-2H3,(H,22,24).